The molecule has 1 heterocycles. The first-order chi connectivity index (χ1) is 17.9. The second kappa shape index (κ2) is 18.0. The first-order valence-electron chi connectivity index (χ1n) is 14.3. The molecular formula is C33H53F2NO2. The third kappa shape index (κ3) is 12.4. The quantitative estimate of drug-likeness (QED) is 0.296. The molecule has 1 fully saturated rings. The van der Waals surface area contributed by atoms with Crippen molar-refractivity contribution in [3.8, 4) is 5.75 Å². The predicted octanol–water partition coefficient (Wildman–Crippen LogP) is 9.92. The number of rotatable bonds is 9. The van der Waals surface area contributed by atoms with Gasteiger partial charge < -0.3 is 9.64 Å². The summed E-state index contributed by atoms with van der Waals surface area (Å²) in [6, 6.07) is 7.12. The minimum Gasteiger partial charge on any atom is -0.433 e. The van der Waals surface area contributed by atoms with E-state index in [-0.39, 0.29) is 11.7 Å². The molecule has 1 aromatic carbocycles. The fourth-order valence-corrected chi connectivity index (χ4v) is 4.75. The number of allylic oxidation sites excluding steroid dienone is 5. The van der Waals surface area contributed by atoms with E-state index < -0.39 is 6.11 Å². The fourth-order valence-electron chi connectivity index (χ4n) is 4.75. The monoisotopic (exact) mass is 533 g/mol. The Hall–Kier alpha value is -2.43. The molecule has 3 unspecified atom stereocenters. The van der Waals surface area contributed by atoms with E-state index in [0.717, 1.165) is 31.2 Å². The summed E-state index contributed by atoms with van der Waals surface area (Å²) < 4.78 is 28.9. The number of alkyl halides is 2. The van der Waals surface area contributed by atoms with Crippen molar-refractivity contribution in [3.05, 3.63) is 65.8 Å². The lowest BCUT2D eigenvalue weighted by molar-refractivity contribution is -0.159. The van der Waals surface area contributed by atoms with Gasteiger partial charge in [-0.2, -0.15) is 8.78 Å². The molecule has 3 nitrogen and oxygen atoms in total. The lowest BCUT2D eigenvalue weighted by Gasteiger charge is -2.43. The maximum Gasteiger partial charge on any atom is 0.394 e. The summed E-state index contributed by atoms with van der Waals surface area (Å²) in [7, 11) is 0. The number of benzene rings is 1. The van der Waals surface area contributed by atoms with Gasteiger partial charge in [-0.3, -0.25) is 4.79 Å². The molecule has 5 heteroatoms. The van der Waals surface area contributed by atoms with Crippen LogP contribution in [0, 0.1) is 18.8 Å². The Morgan fingerprint density at radius 3 is 2.05 bits per heavy atom. The van der Waals surface area contributed by atoms with Crippen molar-refractivity contribution in [2.75, 3.05) is 0 Å². The Morgan fingerprint density at radius 1 is 1.13 bits per heavy atom. The van der Waals surface area contributed by atoms with E-state index in [1.165, 1.54) is 23.3 Å². The van der Waals surface area contributed by atoms with Crippen LogP contribution in [0.3, 0.4) is 0 Å². The minimum absolute atomic E-state index is 0.188. The van der Waals surface area contributed by atoms with Crippen LogP contribution in [0.2, 0.25) is 0 Å². The molecule has 3 atom stereocenters. The molecule has 0 spiro atoms. The summed E-state index contributed by atoms with van der Waals surface area (Å²) in [6.07, 6.45) is 8.55. The van der Waals surface area contributed by atoms with Crippen molar-refractivity contribution in [3.63, 3.8) is 0 Å². The molecule has 0 aromatic heterocycles. The summed E-state index contributed by atoms with van der Waals surface area (Å²) in [4.78, 5) is 14.3. The largest absolute Gasteiger partial charge is 0.433 e. The van der Waals surface area contributed by atoms with Gasteiger partial charge in [0.1, 0.15) is 5.75 Å². The molecule has 38 heavy (non-hydrogen) atoms. The van der Waals surface area contributed by atoms with Crippen molar-refractivity contribution in [1.82, 2.24) is 4.90 Å². The van der Waals surface area contributed by atoms with Crippen molar-refractivity contribution in [1.29, 1.82) is 0 Å². The second-order valence-electron chi connectivity index (χ2n) is 10.0. The third-order valence-corrected chi connectivity index (χ3v) is 6.77. The van der Waals surface area contributed by atoms with Gasteiger partial charge in [0.05, 0.1) is 0 Å². The van der Waals surface area contributed by atoms with Gasteiger partial charge in [-0.25, -0.2) is 0 Å². The van der Waals surface area contributed by atoms with Crippen molar-refractivity contribution in [2.24, 2.45) is 11.8 Å². The second-order valence-corrected chi connectivity index (χ2v) is 10.0. The van der Waals surface area contributed by atoms with Crippen molar-refractivity contribution in [2.45, 2.75) is 120 Å². The molecule has 216 valence electrons. The van der Waals surface area contributed by atoms with Crippen molar-refractivity contribution >= 4 is 5.91 Å². The van der Waals surface area contributed by atoms with Crippen LogP contribution in [0.4, 0.5) is 8.78 Å². The molecule has 1 aromatic rings. The molecule has 0 aliphatic carbocycles. The highest BCUT2D eigenvalue weighted by atomic mass is 19.3. The number of ether oxygens (including phenoxy) is 1. The number of halogens is 2. The van der Waals surface area contributed by atoms with Crippen molar-refractivity contribution < 1.29 is 18.3 Å². The molecule has 0 saturated carbocycles. The smallest absolute Gasteiger partial charge is 0.394 e. The van der Waals surface area contributed by atoms with Gasteiger partial charge in [-0.05, 0) is 81.6 Å². The van der Waals surface area contributed by atoms with E-state index in [1.807, 2.05) is 33.8 Å². The summed E-state index contributed by atoms with van der Waals surface area (Å²) >= 11 is 0. The summed E-state index contributed by atoms with van der Waals surface area (Å²) in [5.74, 6) is 1.55. The van der Waals surface area contributed by atoms with Gasteiger partial charge in [0.2, 0.25) is 5.91 Å². The lowest BCUT2D eigenvalue weighted by atomic mass is 9.80. The number of hydrogen-bond donors (Lipinski definition) is 0. The molecule has 1 saturated heterocycles. The highest BCUT2D eigenvalue weighted by Crippen LogP contribution is 2.35. The van der Waals surface area contributed by atoms with E-state index in [1.54, 1.807) is 12.1 Å². The number of aryl methyl sites for hydroxylation is 1. The summed E-state index contributed by atoms with van der Waals surface area (Å²) in [5, 5.41) is 0. The number of carbonyl (C=O) groups excluding carboxylic acids is 1. The van der Waals surface area contributed by atoms with Crippen LogP contribution in [-0.2, 0) is 4.79 Å². The number of hydrogen-bond acceptors (Lipinski definition) is 2. The first kappa shape index (κ1) is 35.6. The minimum atomic E-state index is -3.10. The van der Waals surface area contributed by atoms with E-state index in [0.29, 0.717) is 37.3 Å². The topological polar surface area (TPSA) is 29.5 Å². The van der Waals surface area contributed by atoms with Crippen LogP contribution in [-0.4, -0.2) is 29.0 Å². The van der Waals surface area contributed by atoms with E-state index in [2.05, 4.69) is 63.0 Å². The molecule has 1 aliphatic heterocycles. The highest BCUT2D eigenvalue weighted by Gasteiger charge is 2.34. The Kier molecular flexibility index (Phi) is 16.8. The maximum atomic E-state index is 12.3. The maximum absolute atomic E-state index is 12.3. The average molecular weight is 534 g/mol. The van der Waals surface area contributed by atoms with Gasteiger partial charge in [0.25, 0.3) is 0 Å². The van der Waals surface area contributed by atoms with Gasteiger partial charge in [0, 0.05) is 25.4 Å². The molecule has 2 rings (SSSR count). The SMILES string of the molecule is C=C/C(=C/C(=CCC)C1CC(C)N(C(=O)CC)C(C)C1)C(C)CC.CC.Cc1ccc(OC(C)(F)F)cc1. The first-order valence-corrected chi connectivity index (χ1v) is 14.3. The highest BCUT2D eigenvalue weighted by molar-refractivity contribution is 5.76. The zero-order valence-electron chi connectivity index (χ0n) is 25.6. The van der Waals surface area contributed by atoms with Crippen LogP contribution < -0.4 is 4.74 Å². The number of piperidine rings is 1. The Bertz CT molecular complexity index is 871. The average Bonchev–Trinajstić information content (AvgIpc) is 2.87. The third-order valence-electron chi connectivity index (χ3n) is 6.77. The van der Waals surface area contributed by atoms with E-state index in [4.69, 9.17) is 0 Å². The van der Waals surface area contributed by atoms with Gasteiger partial charge >= 0.3 is 6.11 Å². The zero-order valence-corrected chi connectivity index (χ0v) is 25.6. The van der Waals surface area contributed by atoms with Gasteiger partial charge in [-0.15, -0.1) is 0 Å². The standard InChI is InChI=1S/C22H37NO.C9H10F2O.C2H6/c1-8-12-20(15-19(10-3)16(5)9-2)21-13-17(6)23(18(7)14-21)22(24)11-4;1-7-3-5-8(6-4-7)12-9(2,10)11;1-2/h10,12,15-18,21H,3,8-9,11,13-14H2,1-2,4-7H3;3-6H,1-2H3;1-2H3/b19-15-,20-12?;;. The van der Waals surface area contributed by atoms with Crippen LogP contribution in [0.5, 0.6) is 5.75 Å². The Morgan fingerprint density at radius 2 is 1.66 bits per heavy atom. The number of likely N-dealkylation sites (tertiary alicyclic amines) is 1. The predicted molar refractivity (Wildman–Crippen MR) is 159 cm³/mol. The molecule has 0 bridgehead atoms. The van der Waals surface area contributed by atoms with E-state index >= 15 is 0 Å². The molecule has 0 N–H and O–H groups in total. The number of nitrogens with zero attached hydrogens (tertiary/aromatic N) is 1. The van der Waals surface area contributed by atoms with Crippen LogP contribution in [0.1, 0.15) is 100.0 Å². The number of amides is 1. The molecule has 1 aliphatic rings. The molecular weight excluding hydrogens is 480 g/mol. The summed E-state index contributed by atoms with van der Waals surface area (Å²) in [5.41, 5.74) is 3.79. The lowest BCUT2D eigenvalue weighted by Crippen LogP contribution is -2.49. The van der Waals surface area contributed by atoms with Crippen LogP contribution in [0.25, 0.3) is 0 Å². The zero-order chi connectivity index (χ0) is 29.5. The normalized spacial score (nSPS) is 20.8. The van der Waals surface area contributed by atoms with Crippen LogP contribution in [0.15, 0.2) is 60.2 Å². The van der Waals surface area contributed by atoms with Gasteiger partial charge in [0.15, 0.2) is 0 Å². The summed E-state index contributed by atoms with van der Waals surface area (Å²) in [6.45, 7) is 23.7. The molecule has 1 amide bonds. The Balaban J connectivity index is 0.000000815. The number of carbonyl (C=O) groups is 1. The van der Waals surface area contributed by atoms with E-state index in [9.17, 15) is 13.6 Å². The molecule has 0 radical (unpaired) electrons. The Labute approximate surface area is 232 Å². The van der Waals surface area contributed by atoms with Gasteiger partial charge in [-0.1, -0.05) is 84.0 Å². The fraction of sp³-hybridized carbons (Fsp3) is 0.606. The van der Waals surface area contributed by atoms with Crippen LogP contribution >= 0.6 is 0 Å².